The van der Waals surface area contributed by atoms with Crippen LogP contribution in [0.3, 0.4) is 0 Å². The number of methoxy groups -OCH3 is 2. The molecular weight excluding hydrogens is 407 g/mol. The van der Waals surface area contributed by atoms with E-state index in [9.17, 15) is 0 Å². The number of fused-ring (bicyclic) bond motifs is 1. The number of nitrogens with zero attached hydrogens (tertiary/aromatic N) is 2. The van der Waals surface area contributed by atoms with Gasteiger partial charge < -0.3 is 14.2 Å². The summed E-state index contributed by atoms with van der Waals surface area (Å²) in [6.07, 6.45) is -0.304. The summed E-state index contributed by atoms with van der Waals surface area (Å²) in [7, 11) is 5.10. The Morgan fingerprint density at radius 2 is 1.93 bits per heavy atom. The lowest BCUT2D eigenvalue weighted by Gasteiger charge is -2.14. The number of benzene rings is 2. The van der Waals surface area contributed by atoms with Gasteiger partial charge in [0, 0.05) is 60.0 Å². The van der Waals surface area contributed by atoms with E-state index >= 15 is 0 Å². The molecule has 0 spiro atoms. The molecule has 0 amide bonds. The van der Waals surface area contributed by atoms with Crippen molar-refractivity contribution in [3.05, 3.63) is 46.4 Å². The van der Waals surface area contributed by atoms with Crippen LogP contribution in [0.5, 0.6) is 0 Å². The van der Waals surface area contributed by atoms with Gasteiger partial charge >= 0.3 is 0 Å². The van der Waals surface area contributed by atoms with Crippen LogP contribution < -0.4 is 9.44 Å². The molecular formula is C18H20Cl2N4O2S. The molecule has 2 N–H and O–H groups in total. The number of nitrogens with one attached hydrogen (secondary N) is 2. The first-order valence-corrected chi connectivity index (χ1v) is 9.73. The van der Waals surface area contributed by atoms with Crippen LogP contribution in [0.2, 0.25) is 10.0 Å². The minimum atomic E-state index is -0.304. The molecule has 0 atom stereocenters. The van der Waals surface area contributed by atoms with Crippen LogP contribution in [0.1, 0.15) is 0 Å². The molecule has 0 fully saturated rings. The molecule has 6 nitrogen and oxygen atoms in total. The van der Waals surface area contributed by atoms with E-state index < -0.39 is 0 Å². The van der Waals surface area contributed by atoms with E-state index in [0.717, 1.165) is 27.8 Å². The quantitative estimate of drug-likeness (QED) is 0.308. The number of aromatic nitrogens is 2. The maximum Gasteiger partial charge on any atom is 0.170 e. The number of aryl methyl sites for hydroxylation is 1. The van der Waals surface area contributed by atoms with Gasteiger partial charge in [-0.2, -0.15) is 5.10 Å². The third-order valence-electron chi connectivity index (χ3n) is 4.08. The largest absolute Gasteiger partial charge is 0.355 e. The highest BCUT2D eigenvalue weighted by atomic mass is 35.5. The van der Waals surface area contributed by atoms with Crippen molar-refractivity contribution in [2.75, 3.05) is 25.5 Å². The Hall–Kier alpha value is -1.48. The number of halogens is 2. The summed E-state index contributed by atoms with van der Waals surface area (Å²) in [6, 6.07) is 11.5. The van der Waals surface area contributed by atoms with Gasteiger partial charge in [0.15, 0.2) is 6.29 Å². The first-order chi connectivity index (χ1) is 13.0. The van der Waals surface area contributed by atoms with Crippen molar-refractivity contribution in [1.82, 2.24) is 14.5 Å². The third kappa shape index (κ3) is 4.51. The average Bonchev–Trinajstić information content (AvgIpc) is 2.97. The molecule has 2 aromatic carbocycles. The van der Waals surface area contributed by atoms with Crippen LogP contribution in [-0.2, 0) is 16.5 Å². The van der Waals surface area contributed by atoms with Crippen molar-refractivity contribution in [3.8, 4) is 11.1 Å². The summed E-state index contributed by atoms with van der Waals surface area (Å²) in [5, 5.41) is 6.86. The predicted octanol–water partition coefficient (Wildman–Crippen LogP) is 4.73. The first kappa shape index (κ1) is 20.3. The molecule has 0 aliphatic carbocycles. The van der Waals surface area contributed by atoms with Gasteiger partial charge in [-0.15, -0.1) is 0 Å². The second-order valence-electron chi connectivity index (χ2n) is 5.75. The molecule has 0 aliphatic rings. The molecule has 27 heavy (non-hydrogen) atoms. The number of ether oxygens (including phenoxy) is 2. The minimum Gasteiger partial charge on any atom is -0.355 e. The Morgan fingerprint density at radius 1 is 1.15 bits per heavy atom. The molecule has 0 unspecified atom stereocenters. The van der Waals surface area contributed by atoms with Crippen molar-refractivity contribution in [2.45, 2.75) is 6.29 Å². The van der Waals surface area contributed by atoms with Gasteiger partial charge in [0.05, 0.1) is 6.54 Å². The van der Waals surface area contributed by atoms with Gasteiger partial charge in [0.1, 0.15) is 11.3 Å². The van der Waals surface area contributed by atoms with Crippen LogP contribution in [-0.4, -0.2) is 36.8 Å². The Kier molecular flexibility index (Phi) is 6.86. The summed E-state index contributed by atoms with van der Waals surface area (Å²) < 4.78 is 18.5. The van der Waals surface area contributed by atoms with E-state index in [4.69, 9.17) is 32.7 Å². The molecule has 9 heteroatoms. The highest BCUT2D eigenvalue weighted by Gasteiger charge is 2.15. The van der Waals surface area contributed by atoms with Crippen molar-refractivity contribution in [2.24, 2.45) is 7.05 Å². The Bertz CT molecular complexity index is 931. The molecule has 0 bridgehead atoms. The van der Waals surface area contributed by atoms with Crippen molar-refractivity contribution in [1.29, 1.82) is 0 Å². The number of hydrogen-bond donors (Lipinski definition) is 2. The smallest absolute Gasteiger partial charge is 0.170 e. The van der Waals surface area contributed by atoms with E-state index in [1.807, 2.05) is 37.4 Å². The SMILES string of the molecule is COC(CNSNc1c2cccc(-c3ccc(Cl)cc3Cl)c2nn1C)OC. The number of hydrogen-bond acceptors (Lipinski definition) is 6. The van der Waals surface area contributed by atoms with E-state index in [0.29, 0.717) is 16.6 Å². The van der Waals surface area contributed by atoms with Crippen LogP contribution in [0.15, 0.2) is 36.4 Å². The molecule has 1 heterocycles. The van der Waals surface area contributed by atoms with Crippen LogP contribution >= 0.6 is 35.3 Å². The zero-order valence-corrected chi connectivity index (χ0v) is 17.5. The van der Waals surface area contributed by atoms with Gasteiger partial charge in [-0.1, -0.05) is 41.4 Å². The highest BCUT2D eigenvalue weighted by molar-refractivity contribution is 7.98. The molecule has 1 aromatic heterocycles. The Labute approximate surface area is 172 Å². The second kappa shape index (κ2) is 9.14. The number of anilines is 1. The fraction of sp³-hybridized carbons (Fsp3) is 0.278. The fourth-order valence-corrected chi connectivity index (χ4v) is 3.86. The topological polar surface area (TPSA) is 60.3 Å². The van der Waals surface area contributed by atoms with Gasteiger partial charge in [-0.25, -0.2) is 4.72 Å². The normalized spacial score (nSPS) is 11.5. The van der Waals surface area contributed by atoms with Gasteiger partial charge in [0.2, 0.25) is 0 Å². The summed E-state index contributed by atoms with van der Waals surface area (Å²) in [5.41, 5.74) is 2.71. The summed E-state index contributed by atoms with van der Waals surface area (Å²) in [5.74, 6) is 0.876. The summed E-state index contributed by atoms with van der Waals surface area (Å²) in [6.45, 7) is 0.534. The second-order valence-corrected chi connectivity index (χ2v) is 7.29. The monoisotopic (exact) mass is 426 g/mol. The molecule has 0 saturated carbocycles. The van der Waals surface area contributed by atoms with E-state index in [1.165, 1.54) is 12.1 Å². The summed E-state index contributed by atoms with van der Waals surface area (Å²) in [4.78, 5) is 0. The molecule has 0 saturated heterocycles. The Balaban J connectivity index is 1.85. The third-order valence-corrected chi connectivity index (χ3v) is 5.24. The van der Waals surface area contributed by atoms with Gasteiger partial charge in [-0.3, -0.25) is 4.68 Å². The Morgan fingerprint density at radius 3 is 2.63 bits per heavy atom. The van der Waals surface area contributed by atoms with Crippen LogP contribution in [0.25, 0.3) is 22.0 Å². The molecule has 144 valence electrons. The van der Waals surface area contributed by atoms with Crippen LogP contribution in [0, 0.1) is 0 Å². The zero-order chi connectivity index (χ0) is 19.4. The first-order valence-electron chi connectivity index (χ1n) is 8.16. The average molecular weight is 427 g/mol. The maximum atomic E-state index is 6.40. The molecule has 3 rings (SSSR count). The molecule has 0 aliphatic heterocycles. The molecule has 3 aromatic rings. The predicted molar refractivity (Wildman–Crippen MR) is 113 cm³/mol. The van der Waals surface area contributed by atoms with E-state index in [-0.39, 0.29) is 6.29 Å². The highest BCUT2D eigenvalue weighted by Crippen LogP contribution is 2.36. The van der Waals surface area contributed by atoms with Crippen molar-refractivity contribution < 1.29 is 9.47 Å². The minimum absolute atomic E-state index is 0.304. The molecule has 0 radical (unpaired) electrons. The lowest BCUT2D eigenvalue weighted by Crippen LogP contribution is -2.26. The van der Waals surface area contributed by atoms with Gasteiger partial charge in [0.25, 0.3) is 0 Å². The van der Waals surface area contributed by atoms with E-state index in [2.05, 4.69) is 14.5 Å². The standard InChI is InChI=1S/C18H20Cl2N4O2S/c1-24-18(23-27-21-10-16(25-2)26-3)14-6-4-5-13(17(14)22-24)12-8-7-11(19)9-15(12)20/h4-9,16,21,23H,10H2,1-3H3. The maximum absolute atomic E-state index is 6.40. The van der Waals surface area contributed by atoms with Crippen molar-refractivity contribution >= 4 is 52.1 Å². The van der Waals surface area contributed by atoms with Crippen molar-refractivity contribution in [3.63, 3.8) is 0 Å². The number of rotatable bonds is 8. The van der Waals surface area contributed by atoms with Gasteiger partial charge in [-0.05, 0) is 18.2 Å². The van der Waals surface area contributed by atoms with E-state index in [1.54, 1.807) is 25.0 Å². The fourth-order valence-electron chi connectivity index (χ4n) is 2.72. The zero-order valence-electron chi connectivity index (χ0n) is 15.1. The summed E-state index contributed by atoms with van der Waals surface area (Å²) >= 11 is 13.8. The lowest BCUT2D eigenvalue weighted by atomic mass is 10.0. The van der Waals surface area contributed by atoms with Crippen LogP contribution in [0.4, 0.5) is 5.82 Å². The lowest BCUT2D eigenvalue weighted by molar-refractivity contribution is -0.0957.